The van der Waals surface area contributed by atoms with Crippen LogP contribution >= 0.6 is 12.2 Å². The van der Waals surface area contributed by atoms with Crippen LogP contribution < -0.4 is 11.1 Å². The van der Waals surface area contributed by atoms with Gasteiger partial charge in [0.05, 0.1) is 6.10 Å². The molecule has 0 bridgehead atoms. The molecule has 98 valence electrons. The molecule has 0 aliphatic carbocycles. The summed E-state index contributed by atoms with van der Waals surface area (Å²) in [6, 6.07) is 1.78. The molecule has 0 radical (unpaired) electrons. The van der Waals surface area contributed by atoms with E-state index in [-0.39, 0.29) is 11.1 Å². The van der Waals surface area contributed by atoms with Gasteiger partial charge in [0.25, 0.3) is 0 Å². The quantitative estimate of drug-likeness (QED) is 0.803. The molecule has 5 nitrogen and oxygen atoms in total. The monoisotopic (exact) mass is 266 g/mol. The average molecular weight is 266 g/mol. The minimum atomic E-state index is 0.246. The van der Waals surface area contributed by atoms with Crippen LogP contribution in [0.25, 0.3) is 0 Å². The number of anilines is 1. The highest BCUT2D eigenvalue weighted by Gasteiger charge is 2.14. The van der Waals surface area contributed by atoms with Crippen LogP contribution in [0.4, 0.5) is 5.95 Å². The normalized spacial score (nSPS) is 19.5. The van der Waals surface area contributed by atoms with Gasteiger partial charge in [-0.1, -0.05) is 12.2 Å². The first-order valence-electron chi connectivity index (χ1n) is 6.16. The van der Waals surface area contributed by atoms with E-state index >= 15 is 0 Å². The second-order valence-electron chi connectivity index (χ2n) is 4.45. The molecule has 18 heavy (non-hydrogen) atoms. The highest BCUT2D eigenvalue weighted by atomic mass is 32.1. The average Bonchev–Trinajstić information content (AvgIpc) is 2.37. The summed E-state index contributed by atoms with van der Waals surface area (Å²) in [5.74, 6) is 0.562. The van der Waals surface area contributed by atoms with E-state index in [0.717, 1.165) is 31.7 Å². The largest absolute Gasteiger partial charge is 0.388 e. The number of nitrogens with two attached hydrogens (primary N) is 1. The van der Waals surface area contributed by atoms with Crippen LogP contribution in [0.5, 0.6) is 0 Å². The van der Waals surface area contributed by atoms with E-state index in [9.17, 15) is 0 Å². The van der Waals surface area contributed by atoms with Crippen molar-refractivity contribution >= 4 is 23.2 Å². The van der Waals surface area contributed by atoms with E-state index in [1.165, 1.54) is 6.42 Å². The molecule has 6 heteroatoms. The highest BCUT2D eigenvalue weighted by molar-refractivity contribution is 7.80. The molecule has 2 heterocycles. The molecular formula is C12H18N4OS. The third-order valence-corrected chi connectivity index (χ3v) is 3.08. The maximum Gasteiger partial charge on any atom is 0.223 e. The Morgan fingerprint density at radius 1 is 1.56 bits per heavy atom. The van der Waals surface area contributed by atoms with Gasteiger partial charge in [-0.15, -0.1) is 0 Å². The Morgan fingerprint density at radius 2 is 2.39 bits per heavy atom. The lowest BCUT2D eigenvalue weighted by atomic mass is 10.1. The van der Waals surface area contributed by atoms with E-state index < -0.39 is 0 Å². The molecule has 0 aromatic carbocycles. The van der Waals surface area contributed by atoms with Crippen molar-refractivity contribution in [3.05, 3.63) is 17.5 Å². The minimum absolute atomic E-state index is 0.246. The Kier molecular flexibility index (Phi) is 4.43. The first kappa shape index (κ1) is 13.2. The lowest BCUT2D eigenvalue weighted by Gasteiger charge is -2.22. The van der Waals surface area contributed by atoms with Gasteiger partial charge < -0.3 is 15.8 Å². The molecular weight excluding hydrogens is 248 g/mol. The molecule has 1 aliphatic heterocycles. The topological polar surface area (TPSA) is 73.1 Å². The summed E-state index contributed by atoms with van der Waals surface area (Å²) in [6.45, 7) is 3.46. The van der Waals surface area contributed by atoms with Crippen LogP contribution in [-0.4, -0.2) is 34.2 Å². The van der Waals surface area contributed by atoms with Crippen LogP contribution in [0.1, 0.15) is 30.7 Å². The lowest BCUT2D eigenvalue weighted by Crippen LogP contribution is -2.28. The predicted molar refractivity (Wildman–Crippen MR) is 74.7 cm³/mol. The van der Waals surface area contributed by atoms with Crippen LogP contribution in [0.3, 0.4) is 0 Å². The molecule has 0 spiro atoms. The fourth-order valence-corrected chi connectivity index (χ4v) is 2.05. The van der Waals surface area contributed by atoms with Crippen LogP contribution in [0.15, 0.2) is 6.07 Å². The van der Waals surface area contributed by atoms with Crippen molar-refractivity contribution in [2.24, 2.45) is 5.73 Å². The Bertz CT molecular complexity index is 432. The third kappa shape index (κ3) is 3.61. The summed E-state index contributed by atoms with van der Waals surface area (Å²) in [5, 5.41) is 3.19. The van der Waals surface area contributed by atoms with E-state index in [1.807, 2.05) is 6.92 Å². The van der Waals surface area contributed by atoms with Crippen molar-refractivity contribution < 1.29 is 4.74 Å². The van der Waals surface area contributed by atoms with Gasteiger partial charge in [-0.25, -0.2) is 9.97 Å². The summed E-state index contributed by atoms with van der Waals surface area (Å²) >= 11 is 4.93. The molecule has 1 saturated heterocycles. The van der Waals surface area contributed by atoms with Gasteiger partial charge in [-0.2, -0.15) is 0 Å². The molecule has 1 fully saturated rings. The van der Waals surface area contributed by atoms with E-state index in [1.54, 1.807) is 6.07 Å². The third-order valence-electron chi connectivity index (χ3n) is 2.87. The van der Waals surface area contributed by atoms with Crippen molar-refractivity contribution in [2.75, 3.05) is 18.5 Å². The summed E-state index contributed by atoms with van der Waals surface area (Å²) < 4.78 is 5.64. The fourth-order valence-electron chi connectivity index (χ4n) is 1.95. The molecule has 1 aliphatic rings. The maximum atomic E-state index is 5.64. The van der Waals surface area contributed by atoms with Crippen LogP contribution in [-0.2, 0) is 4.74 Å². The highest BCUT2D eigenvalue weighted by Crippen LogP contribution is 2.13. The van der Waals surface area contributed by atoms with Gasteiger partial charge in [0.2, 0.25) is 5.95 Å². The number of aryl methyl sites for hydroxylation is 1. The number of thiocarbonyl (C=S) groups is 1. The van der Waals surface area contributed by atoms with Crippen molar-refractivity contribution in [1.82, 2.24) is 9.97 Å². The number of hydrogen-bond acceptors (Lipinski definition) is 5. The van der Waals surface area contributed by atoms with Gasteiger partial charge in [0, 0.05) is 18.8 Å². The van der Waals surface area contributed by atoms with Gasteiger partial charge in [0.15, 0.2) is 0 Å². The number of rotatable bonds is 4. The molecule has 0 amide bonds. The number of nitrogens with one attached hydrogen (secondary N) is 1. The Balaban J connectivity index is 1.97. The summed E-state index contributed by atoms with van der Waals surface area (Å²) in [7, 11) is 0. The lowest BCUT2D eigenvalue weighted by molar-refractivity contribution is 0.0246. The zero-order valence-corrected chi connectivity index (χ0v) is 11.3. The van der Waals surface area contributed by atoms with Gasteiger partial charge >= 0.3 is 0 Å². The standard InChI is InChI=1S/C12H18N4OS/c1-8-6-10(11(13)18)16-12(15-8)14-7-9-4-2-3-5-17-9/h6,9H,2-5,7H2,1H3,(H2,13,18)(H,14,15,16). The Morgan fingerprint density at radius 3 is 3.06 bits per heavy atom. The van der Waals surface area contributed by atoms with Crippen molar-refractivity contribution in [2.45, 2.75) is 32.3 Å². The summed E-state index contributed by atoms with van der Waals surface area (Å²) in [6.07, 6.45) is 3.71. The van der Waals surface area contributed by atoms with E-state index in [2.05, 4.69) is 15.3 Å². The number of ether oxygens (including phenoxy) is 1. The molecule has 1 unspecified atom stereocenters. The summed E-state index contributed by atoms with van der Waals surface area (Å²) in [4.78, 5) is 8.87. The maximum absolute atomic E-state index is 5.64. The van der Waals surface area contributed by atoms with Crippen molar-refractivity contribution in [3.8, 4) is 0 Å². The molecule has 0 saturated carbocycles. The number of hydrogen-bond donors (Lipinski definition) is 2. The number of aromatic nitrogens is 2. The molecule has 1 atom stereocenters. The van der Waals surface area contributed by atoms with Gasteiger partial charge in [0.1, 0.15) is 10.7 Å². The second-order valence-corrected chi connectivity index (χ2v) is 4.89. The predicted octanol–water partition coefficient (Wildman–Crippen LogP) is 1.40. The van der Waals surface area contributed by atoms with Crippen LogP contribution in [0.2, 0.25) is 0 Å². The first-order valence-corrected chi connectivity index (χ1v) is 6.57. The first-order chi connectivity index (χ1) is 8.65. The fraction of sp³-hybridized carbons (Fsp3) is 0.583. The second kappa shape index (κ2) is 6.06. The smallest absolute Gasteiger partial charge is 0.223 e. The zero-order valence-electron chi connectivity index (χ0n) is 10.5. The molecule has 1 aromatic rings. The molecule has 3 N–H and O–H groups in total. The van der Waals surface area contributed by atoms with E-state index in [4.69, 9.17) is 22.7 Å². The van der Waals surface area contributed by atoms with E-state index in [0.29, 0.717) is 11.6 Å². The number of nitrogens with zero attached hydrogens (tertiary/aromatic N) is 2. The van der Waals surface area contributed by atoms with Gasteiger partial charge in [-0.05, 0) is 32.3 Å². The molecule has 2 rings (SSSR count). The SMILES string of the molecule is Cc1cc(C(N)=S)nc(NCC2CCCCO2)n1. The van der Waals surface area contributed by atoms with Crippen LogP contribution in [0, 0.1) is 6.92 Å². The van der Waals surface area contributed by atoms with Crippen molar-refractivity contribution in [1.29, 1.82) is 0 Å². The Hall–Kier alpha value is -1.27. The summed E-state index contributed by atoms with van der Waals surface area (Å²) in [5.41, 5.74) is 7.03. The Labute approximate surface area is 112 Å². The molecule has 1 aromatic heterocycles. The van der Waals surface area contributed by atoms with Crippen molar-refractivity contribution in [3.63, 3.8) is 0 Å². The zero-order chi connectivity index (χ0) is 13.0. The minimum Gasteiger partial charge on any atom is -0.388 e. The van der Waals surface area contributed by atoms with Gasteiger partial charge in [-0.3, -0.25) is 0 Å².